The van der Waals surface area contributed by atoms with Gasteiger partial charge in [0.15, 0.2) is 0 Å². The van der Waals surface area contributed by atoms with Gasteiger partial charge in [-0.3, -0.25) is 14.2 Å². The molecule has 7 heteroatoms. The third-order valence-electron chi connectivity index (χ3n) is 5.07. The highest BCUT2D eigenvalue weighted by atomic mass is 32.1. The normalized spacial score (nSPS) is 12.4. The fourth-order valence-corrected chi connectivity index (χ4v) is 4.35. The van der Waals surface area contributed by atoms with Gasteiger partial charge in [0.2, 0.25) is 5.91 Å². The molecule has 1 amide bonds. The highest BCUT2D eigenvalue weighted by Gasteiger charge is 2.23. The molecule has 28 heavy (non-hydrogen) atoms. The van der Waals surface area contributed by atoms with Gasteiger partial charge in [-0.25, -0.2) is 9.97 Å². The lowest BCUT2D eigenvalue weighted by molar-refractivity contribution is -0.119. The molecule has 1 atom stereocenters. The van der Waals surface area contributed by atoms with E-state index in [0.717, 1.165) is 27.0 Å². The fourth-order valence-electron chi connectivity index (χ4n) is 3.32. The highest BCUT2D eigenvalue weighted by Crippen LogP contribution is 2.29. The van der Waals surface area contributed by atoms with Gasteiger partial charge in [-0.05, 0) is 49.6 Å². The van der Waals surface area contributed by atoms with Crippen LogP contribution in [-0.4, -0.2) is 20.4 Å². The van der Waals surface area contributed by atoms with Crippen molar-refractivity contribution in [1.29, 1.82) is 0 Å². The van der Waals surface area contributed by atoms with Crippen LogP contribution in [0.1, 0.15) is 30.5 Å². The summed E-state index contributed by atoms with van der Waals surface area (Å²) in [5.41, 5.74) is 3.30. The molecule has 3 aromatic heterocycles. The number of aryl methyl sites for hydroxylation is 1. The predicted octanol–water partition coefficient (Wildman–Crippen LogP) is 4.21. The van der Waals surface area contributed by atoms with Crippen LogP contribution in [-0.2, 0) is 4.79 Å². The molecule has 0 bridgehead atoms. The van der Waals surface area contributed by atoms with Crippen LogP contribution in [0.25, 0.3) is 20.4 Å². The maximum atomic E-state index is 13.1. The molecule has 0 saturated heterocycles. The van der Waals surface area contributed by atoms with E-state index in [2.05, 4.69) is 15.3 Å². The van der Waals surface area contributed by atoms with Crippen molar-refractivity contribution in [3.63, 3.8) is 0 Å². The van der Waals surface area contributed by atoms with E-state index in [0.29, 0.717) is 16.6 Å². The van der Waals surface area contributed by atoms with E-state index in [4.69, 9.17) is 0 Å². The monoisotopic (exact) mass is 392 g/mol. The number of fused-ring (bicyclic) bond motifs is 3. The minimum absolute atomic E-state index is 0.212. The van der Waals surface area contributed by atoms with Crippen molar-refractivity contribution in [3.05, 3.63) is 64.3 Å². The first-order valence-corrected chi connectivity index (χ1v) is 9.94. The number of aromatic nitrogens is 3. The number of carbonyl (C=O) groups excluding carboxylic acids is 1. The van der Waals surface area contributed by atoms with E-state index >= 15 is 0 Å². The fraction of sp³-hybridized carbons (Fsp3) is 0.238. The molecular weight excluding hydrogens is 372 g/mol. The van der Waals surface area contributed by atoms with E-state index in [1.807, 2.05) is 51.1 Å². The molecular formula is C21H20N4O2S. The Labute approximate surface area is 165 Å². The third-order valence-corrected chi connectivity index (χ3v) is 6.16. The van der Waals surface area contributed by atoms with E-state index in [-0.39, 0.29) is 11.5 Å². The van der Waals surface area contributed by atoms with Crippen LogP contribution in [0.5, 0.6) is 0 Å². The average molecular weight is 392 g/mol. The minimum atomic E-state index is -0.637. The van der Waals surface area contributed by atoms with Crippen LogP contribution in [0.4, 0.5) is 5.69 Å². The van der Waals surface area contributed by atoms with Crippen molar-refractivity contribution in [2.75, 3.05) is 5.32 Å². The molecule has 0 spiro atoms. The summed E-state index contributed by atoms with van der Waals surface area (Å²) in [6.07, 6.45) is 3.65. The number of rotatable bonds is 4. The van der Waals surface area contributed by atoms with Crippen molar-refractivity contribution in [2.45, 2.75) is 33.2 Å². The second kappa shape index (κ2) is 7.16. The van der Waals surface area contributed by atoms with Crippen LogP contribution in [0.2, 0.25) is 0 Å². The number of nitrogens with one attached hydrogen (secondary N) is 1. The molecule has 0 aliphatic rings. The van der Waals surface area contributed by atoms with E-state index < -0.39 is 6.04 Å². The largest absolute Gasteiger partial charge is 0.324 e. The van der Waals surface area contributed by atoms with Gasteiger partial charge >= 0.3 is 0 Å². The number of hydrogen-bond donors (Lipinski definition) is 1. The molecule has 3 heterocycles. The van der Waals surface area contributed by atoms with Crippen LogP contribution >= 0.6 is 11.3 Å². The Morgan fingerprint density at radius 3 is 2.82 bits per heavy atom. The number of anilines is 1. The quantitative estimate of drug-likeness (QED) is 0.564. The second-order valence-electron chi connectivity index (χ2n) is 6.75. The Bertz CT molecular complexity index is 1260. The third kappa shape index (κ3) is 2.97. The number of nitrogens with zero attached hydrogens (tertiary/aromatic N) is 3. The summed E-state index contributed by atoms with van der Waals surface area (Å²) in [6, 6.07) is 8.87. The molecule has 0 saturated carbocycles. The van der Waals surface area contributed by atoms with Gasteiger partial charge in [-0.15, -0.1) is 11.3 Å². The minimum Gasteiger partial charge on any atom is -0.324 e. The van der Waals surface area contributed by atoms with Crippen LogP contribution in [0.15, 0.2) is 47.7 Å². The zero-order chi connectivity index (χ0) is 19.8. The number of amides is 1. The molecule has 1 aromatic carbocycles. The summed E-state index contributed by atoms with van der Waals surface area (Å²) in [7, 11) is 0. The lowest BCUT2D eigenvalue weighted by Gasteiger charge is -2.18. The van der Waals surface area contributed by atoms with Crippen molar-refractivity contribution in [2.24, 2.45) is 0 Å². The molecule has 0 aliphatic carbocycles. The Hall–Kier alpha value is -3.06. The Morgan fingerprint density at radius 2 is 2.04 bits per heavy atom. The van der Waals surface area contributed by atoms with Crippen molar-refractivity contribution in [1.82, 2.24) is 14.5 Å². The average Bonchev–Trinajstić information content (AvgIpc) is 3.07. The number of carbonyl (C=O) groups is 1. The van der Waals surface area contributed by atoms with Gasteiger partial charge in [0.05, 0.1) is 11.8 Å². The molecule has 4 rings (SSSR count). The lowest BCUT2D eigenvalue weighted by atomic mass is 10.1. The zero-order valence-corrected chi connectivity index (χ0v) is 16.7. The second-order valence-corrected chi connectivity index (χ2v) is 7.75. The van der Waals surface area contributed by atoms with E-state index in [1.165, 1.54) is 22.2 Å². The molecule has 142 valence electrons. The Morgan fingerprint density at radius 1 is 1.21 bits per heavy atom. The van der Waals surface area contributed by atoms with Crippen molar-refractivity contribution < 1.29 is 4.79 Å². The van der Waals surface area contributed by atoms with Gasteiger partial charge < -0.3 is 5.32 Å². The van der Waals surface area contributed by atoms with Crippen LogP contribution in [0.3, 0.4) is 0 Å². The maximum Gasteiger partial charge on any atom is 0.272 e. The Balaban J connectivity index is 1.75. The summed E-state index contributed by atoms with van der Waals surface area (Å²) in [6.45, 7) is 5.85. The summed E-state index contributed by atoms with van der Waals surface area (Å²) in [5.74, 6) is -0.223. The van der Waals surface area contributed by atoms with Crippen LogP contribution in [0, 0.1) is 13.8 Å². The predicted molar refractivity (Wildman–Crippen MR) is 113 cm³/mol. The first-order valence-electron chi connectivity index (χ1n) is 9.12. The van der Waals surface area contributed by atoms with E-state index in [9.17, 15) is 9.59 Å². The first-order chi connectivity index (χ1) is 13.5. The van der Waals surface area contributed by atoms with Gasteiger partial charge in [0, 0.05) is 17.3 Å². The summed E-state index contributed by atoms with van der Waals surface area (Å²) in [5, 5.41) is 3.83. The highest BCUT2D eigenvalue weighted by molar-refractivity contribution is 7.25. The van der Waals surface area contributed by atoms with Gasteiger partial charge in [0.25, 0.3) is 5.56 Å². The van der Waals surface area contributed by atoms with Gasteiger partial charge in [-0.2, -0.15) is 0 Å². The maximum absolute atomic E-state index is 13.1. The topological polar surface area (TPSA) is 76.9 Å². The molecule has 6 nitrogen and oxygen atoms in total. The van der Waals surface area contributed by atoms with Crippen molar-refractivity contribution in [3.8, 4) is 0 Å². The SMILES string of the molecule is CC[C@H](C(=O)Nc1cccc(C)c1C)n1cnc2c(sc3ncccc32)c1=O. The summed E-state index contributed by atoms with van der Waals surface area (Å²) in [4.78, 5) is 35.6. The Kier molecular flexibility index (Phi) is 4.68. The number of hydrogen-bond acceptors (Lipinski definition) is 5. The number of thiophene rings is 1. The van der Waals surface area contributed by atoms with Crippen LogP contribution < -0.4 is 10.9 Å². The summed E-state index contributed by atoms with van der Waals surface area (Å²) >= 11 is 1.31. The number of benzene rings is 1. The molecule has 0 fully saturated rings. The van der Waals surface area contributed by atoms with Gasteiger partial charge in [0.1, 0.15) is 15.6 Å². The molecule has 0 aliphatic heterocycles. The zero-order valence-electron chi connectivity index (χ0n) is 15.9. The van der Waals surface area contributed by atoms with Crippen molar-refractivity contribution >= 4 is 43.4 Å². The molecule has 4 aromatic rings. The lowest BCUT2D eigenvalue weighted by Crippen LogP contribution is -2.33. The first kappa shape index (κ1) is 18.3. The molecule has 1 N–H and O–H groups in total. The molecule has 0 unspecified atom stereocenters. The molecule has 0 radical (unpaired) electrons. The summed E-state index contributed by atoms with van der Waals surface area (Å²) < 4.78 is 1.95. The standard InChI is InChI=1S/C21H20N4O2S/c1-4-16(19(26)24-15-9-5-7-12(2)13(15)3)25-11-23-17-14-8-6-10-22-20(14)28-18(17)21(25)27/h5-11,16H,4H2,1-3H3,(H,24,26)/t16-/m1/s1. The smallest absolute Gasteiger partial charge is 0.272 e. The number of pyridine rings is 1. The van der Waals surface area contributed by atoms with E-state index in [1.54, 1.807) is 6.20 Å². The van der Waals surface area contributed by atoms with Gasteiger partial charge in [-0.1, -0.05) is 19.1 Å².